The molecule has 130 valence electrons. The summed E-state index contributed by atoms with van der Waals surface area (Å²) in [4.78, 5) is 27.0. The summed E-state index contributed by atoms with van der Waals surface area (Å²) in [5.41, 5.74) is 2.15. The predicted octanol–water partition coefficient (Wildman–Crippen LogP) is 4.05. The lowest BCUT2D eigenvalue weighted by Gasteiger charge is -2.22. The smallest absolute Gasteiger partial charge is 0.290 e. The molecule has 1 amide bonds. The van der Waals surface area contributed by atoms with Gasteiger partial charge in [0.15, 0.2) is 11.5 Å². The molecule has 1 heterocycles. The number of nitrogens with zero attached hydrogens (tertiary/aromatic N) is 1. The van der Waals surface area contributed by atoms with E-state index in [0.717, 1.165) is 24.8 Å². The molecule has 0 spiro atoms. The van der Waals surface area contributed by atoms with Gasteiger partial charge in [-0.2, -0.15) is 0 Å². The van der Waals surface area contributed by atoms with Crippen molar-refractivity contribution in [2.75, 3.05) is 0 Å². The lowest BCUT2D eigenvalue weighted by molar-refractivity contribution is 0.0694. The van der Waals surface area contributed by atoms with Crippen LogP contribution in [0.2, 0.25) is 0 Å². The van der Waals surface area contributed by atoms with Crippen molar-refractivity contribution < 1.29 is 18.4 Å². The summed E-state index contributed by atoms with van der Waals surface area (Å²) >= 11 is 0. The third-order valence-corrected chi connectivity index (χ3v) is 5.02. The van der Waals surface area contributed by atoms with E-state index < -0.39 is 0 Å². The maximum atomic E-state index is 13.1. The van der Waals surface area contributed by atoms with Gasteiger partial charge in [-0.05, 0) is 43.9 Å². The summed E-state index contributed by atoms with van der Waals surface area (Å²) in [5, 5.41) is 0. The van der Waals surface area contributed by atoms with Gasteiger partial charge in [-0.15, -0.1) is 0 Å². The van der Waals surface area contributed by atoms with Gasteiger partial charge in [0.1, 0.15) is 11.6 Å². The molecule has 1 aromatic carbocycles. The Labute approximate surface area is 145 Å². The number of carbonyl (C=O) groups excluding carboxylic acids is 2. The van der Waals surface area contributed by atoms with Gasteiger partial charge in [-0.1, -0.05) is 12.1 Å². The van der Waals surface area contributed by atoms with Gasteiger partial charge >= 0.3 is 0 Å². The molecule has 0 bridgehead atoms. The molecule has 2 aromatic rings. The normalized spacial score (nSPS) is 16.6. The Balaban J connectivity index is 1.63. The molecule has 4 nitrogen and oxygen atoms in total. The second-order valence-corrected chi connectivity index (χ2v) is 6.92. The van der Waals surface area contributed by atoms with Crippen molar-refractivity contribution >= 4 is 11.7 Å². The van der Waals surface area contributed by atoms with Crippen LogP contribution in [-0.4, -0.2) is 22.6 Å². The van der Waals surface area contributed by atoms with E-state index in [-0.39, 0.29) is 29.3 Å². The monoisotopic (exact) mass is 341 g/mol. The third-order valence-electron chi connectivity index (χ3n) is 5.02. The Kier molecular flexibility index (Phi) is 3.94. The molecule has 0 aliphatic heterocycles. The molecular weight excluding hydrogens is 321 g/mol. The molecule has 25 heavy (non-hydrogen) atoms. The molecule has 2 aliphatic carbocycles. The number of amides is 1. The first kappa shape index (κ1) is 16.1. The number of rotatable bonds is 4. The second kappa shape index (κ2) is 6.14. The third kappa shape index (κ3) is 2.99. The maximum Gasteiger partial charge on any atom is 0.290 e. The Morgan fingerprint density at radius 3 is 2.60 bits per heavy atom. The summed E-state index contributed by atoms with van der Waals surface area (Å²) < 4.78 is 18.9. The van der Waals surface area contributed by atoms with E-state index in [1.165, 1.54) is 12.1 Å². The van der Waals surface area contributed by atoms with Crippen molar-refractivity contribution in [3.8, 4) is 0 Å². The summed E-state index contributed by atoms with van der Waals surface area (Å²) in [5.74, 6) is 0.537. The van der Waals surface area contributed by atoms with E-state index in [1.54, 1.807) is 24.0 Å². The number of ketones is 1. The van der Waals surface area contributed by atoms with E-state index in [4.69, 9.17) is 4.42 Å². The zero-order chi connectivity index (χ0) is 17.6. The standard InChI is InChI=1S/C20H20FNO3/c1-12-18-16(23)3-2-4-17(18)25-19(12)20(24)22(15-9-10-15)11-13-5-7-14(21)8-6-13/h5-8,15H,2-4,9-11H2,1H3. The van der Waals surface area contributed by atoms with Crippen LogP contribution in [0.1, 0.15) is 63.5 Å². The number of furan rings is 1. The average Bonchev–Trinajstić information content (AvgIpc) is 3.38. The second-order valence-electron chi connectivity index (χ2n) is 6.92. The predicted molar refractivity (Wildman–Crippen MR) is 90.0 cm³/mol. The molecule has 0 unspecified atom stereocenters. The summed E-state index contributed by atoms with van der Waals surface area (Å²) in [7, 11) is 0. The van der Waals surface area contributed by atoms with Crippen LogP contribution in [0.25, 0.3) is 0 Å². The fourth-order valence-corrected chi connectivity index (χ4v) is 3.52. The van der Waals surface area contributed by atoms with Gasteiger partial charge in [-0.25, -0.2) is 4.39 Å². The maximum absolute atomic E-state index is 13.1. The summed E-state index contributed by atoms with van der Waals surface area (Å²) in [6.45, 7) is 2.21. The highest BCUT2D eigenvalue weighted by atomic mass is 19.1. The van der Waals surface area contributed by atoms with E-state index in [2.05, 4.69) is 0 Å². The van der Waals surface area contributed by atoms with Crippen molar-refractivity contribution in [1.29, 1.82) is 0 Å². The Morgan fingerprint density at radius 2 is 1.96 bits per heavy atom. The van der Waals surface area contributed by atoms with Gasteiger partial charge in [0, 0.05) is 31.0 Å². The first-order chi connectivity index (χ1) is 12.0. The van der Waals surface area contributed by atoms with Crippen molar-refractivity contribution in [2.24, 2.45) is 0 Å². The zero-order valence-corrected chi connectivity index (χ0v) is 14.2. The lowest BCUT2D eigenvalue weighted by atomic mass is 9.94. The van der Waals surface area contributed by atoms with Crippen LogP contribution in [-0.2, 0) is 13.0 Å². The molecule has 0 N–H and O–H groups in total. The Hall–Kier alpha value is -2.43. The number of fused-ring (bicyclic) bond motifs is 1. The average molecular weight is 341 g/mol. The van der Waals surface area contributed by atoms with E-state index in [1.807, 2.05) is 0 Å². The number of carbonyl (C=O) groups is 2. The van der Waals surface area contributed by atoms with Crippen molar-refractivity contribution in [3.63, 3.8) is 0 Å². The number of hydrogen-bond acceptors (Lipinski definition) is 3. The summed E-state index contributed by atoms with van der Waals surface area (Å²) in [6.07, 6.45) is 3.92. The van der Waals surface area contributed by atoms with Crippen LogP contribution < -0.4 is 0 Å². The number of Topliss-reactive ketones (excluding diaryl/α,β-unsaturated/α-hetero) is 1. The molecule has 1 saturated carbocycles. The zero-order valence-electron chi connectivity index (χ0n) is 14.2. The van der Waals surface area contributed by atoms with Gasteiger partial charge in [0.25, 0.3) is 5.91 Å². The first-order valence-corrected chi connectivity index (χ1v) is 8.75. The minimum Gasteiger partial charge on any atom is -0.455 e. The van der Waals surface area contributed by atoms with E-state index >= 15 is 0 Å². The van der Waals surface area contributed by atoms with Gasteiger partial charge < -0.3 is 9.32 Å². The highest BCUT2D eigenvalue weighted by Crippen LogP contribution is 2.34. The molecule has 0 atom stereocenters. The minimum absolute atomic E-state index is 0.0676. The molecule has 0 radical (unpaired) electrons. The van der Waals surface area contributed by atoms with Crippen LogP contribution >= 0.6 is 0 Å². The quantitative estimate of drug-likeness (QED) is 0.843. The van der Waals surface area contributed by atoms with Crippen LogP contribution in [0.15, 0.2) is 28.7 Å². The molecule has 1 fully saturated rings. The Bertz CT molecular complexity index is 833. The van der Waals surface area contributed by atoms with Gasteiger partial charge in [0.2, 0.25) is 0 Å². The van der Waals surface area contributed by atoms with Crippen molar-refractivity contribution in [2.45, 2.75) is 51.6 Å². The van der Waals surface area contributed by atoms with Gasteiger partial charge in [-0.3, -0.25) is 9.59 Å². The molecule has 1 aromatic heterocycles. The van der Waals surface area contributed by atoms with Crippen molar-refractivity contribution in [3.05, 3.63) is 58.3 Å². The number of halogens is 1. The van der Waals surface area contributed by atoms with Crippen LogP contribution in [0.3, 0.4) is 0 Å². The Morgan fingerprint density at radius 1 is 1.24 bits per heavy atom. The SMILES string of the molecule is Cc1c(C(=O)N(Cc2ccc(F)cc2)C2CC2)oc2c1C(=O)CCC2. The molecule has 5 heteroatoms. The number of hydrogen-bond donors (Lipinski definition) is 0. The largest absolute Gasteiger partial charge is 0.455 e. The molecular formula is C20H20FNO3. The lowest BCUT2D eigenvalue weighted by Crippen LogP contribution is -2.32. The number of benzene rings is 1. The molecule has 4 rings (SSSR count). The highest BCUT2D eigenvalue weighted by Gasteiger charge is 2.37. The van der Waals surface area contributed by atoms with Crippen LogP contribution in [0.4, 0.5) is 4.39 Å². The first-order valence-electron chi connectivity index (χ1n) is 8.75. The fraction of sp³-hybridized carbons (Fsp3) is 0.400. The minimum atomic E-state index is -0.291. The van der Waals surface area contributed by atoms with Crippen LogP contribution in [0.5, 0.6) is 0 Å². The van der Waals surface area contributed by atoms with E-state index in [0.29, 0.717) is 36.3 Å². The van der Waals surface area contributed by atoms with Gasteiger partial charge in [0.05, 0.1) is 5.56 Å². The molecule has 2 aliphatic rings. The van der Waals surface area contributed by atoms with E-state index in [9.17, 15) is 14.0 Å². The topological polar surface area (TPSA) is 50.5 Å². The number of aryl methyl sites for hydroxylation is 1. The fourth-order valence-electron chi connectivity index (χ4n) is 3.52. The van der Waals surface area contributed by atoms with Crippen LogP contribution in [0, 0.1) is 12.7 Å². The van der Waals surface area contributed by atoms with Crippen molar-refractivity contribution in [1.82, 2.24) is 4.90 Å². The summed E-state index contributed by atoms with van der Waals surface area (Å²) in [6, 6.07) is 6.39. The molecule has 0 saturated heterocycles. The highest BCUT2D eigenvalue weighted by molar-refractivity contribution is 6.03.